The number of halogens is 1. The average Bonchev–Trinajstić information content (AvgIpc) is 2.06. The fraction of sp³-hybridized carbons (Fsp3) is 0.500. The maximum absolute atomic E-state index is 5.79. The zero-order valence-corrected chi connectivity index (χ0v) is 7.41. The number of rotatable bonds is 4. The molecular weight excluding hydrogens is 178 g/mol. The van der Waals surface area contributed by atoms with Crippen LogP contribution in [-0.2, 0) is 0 Å². The van der Waals surface area contributed by atoms with Gasteiger partial charge in [0.1, 0.15) is 12.7 Å². The van der Waals surface area contributed by atoms with Crippen LogP contribution in [0.1, 0.15) is 6.92 Å². The van der Waals surface area contributed by atoms with Crippen molar-refractivity contribution in [1.29, 1.82) is 0 Å². The first kappa shape index (κ1) is 9.15. The van der Waals surface area contributed by atoms with Gasteiger partial charge in [-0.15, -0.1) is 0 Å². The highest BCUT2D eigenvalue weighted by atomic mass is 35.5. The number of aromatic nitrogens is 3. The van der Waals surface area contributed by atoms with E-state index in [0.717, 1.165) is 6.54 Å². The smallest absolute Gasteiger partial charge is 0.227 e. The number of nitrogens with one attached hydrogen (secondary N) is 2. The van der Waals surface area contributed by atoms with Crippen LogP contribution in [0.2, 0.25) is 0 Å². The second-order valence-electron chi connectivity index (χ2n) is 2.03. The minimum Gasteiger partial charge on any atom is -0.326 e. The van der Waals surface area contributed by atoms with Gasteiger partial charge < -0.3 is 5.32 Å². The predicted molar refractivity (Wildman–Crippen MR) is 46.8 cm³/mol. The van der Waals surface area contributed by atoms with Crippen LogP contribution in [0.25, 0.3) is 0 Å². The molecule has 0 aromatic carbocycles. The lowest BCUT2D eigenvalue weighted by atomic mass is 10.7. The molecule has 0 aliphatic rings. The summed E-state index contributed by atoms with van der Waals surface area (Å²) in [4.78, 5) is 11.4. The van der Waals surface area contributed by atoms with E-state index in [9.17, 15) is 0 Å². The maximum Gasteiger partial charge on any atom is 0.227 e. The van der Waals surface area contributed by atoms with Crippen molar-refractivity contribution in [3.05, 3.63) is 12.7 Å². The van der Waals surface area contributed by atoms with Gasteiger partial charge in [-0.05, 0) is 6.54 Å². The van der Waals surface area contributed by atoms with E-state index >= 15 is 0 Å². The molecule has 1 aromatic rings. The Bertz CT molecular complexity index is 216. The van der Waals surface area contributed by atoms with Crippen molar-refractivity contribution in [3.8, 4) is 0 Å². The fourth-order valence-electron chi connectivity index (χ4n) is 0.657. The summed E-state index contributed by atoms with van der Waals surface area (Å²) in [5.41, 5.74) is -0.350. The van der Waals surface area contributed by atoms with E-state index in [-0.39, 0.29) is 5.62 Å². The molecule has 0 saturated carbocycles. The van der Waals surface area contributed by atoms with E-state index < -0.39 is 0 Å². The molecule has 0 aliphatic heterocycles. The molecule has 0 bridgehead atoms. The summed E-state index contributed by atoms with van der Waals surface area (Å²) in [7, 11) is 0. The summed E-state index contributed by atoms with van der Waals surface area (Å²) in [6.45, 7) is 2.75. The first-order valence-corrected chi connectivity index (χ1v) is 4.02. The molecule has 0 fully saturated rings. The number of hydrogen-bond acceptors (Lipinski definition) is 5. The molecule has 5 nitrogen and oxygen atoms in total. The van der Waals surface area contributed by atoms with Gasteiger partial charge in [0, 0.05) is 0 Å². The minimum absolute atomic E-state index is 0.350. The zero-order valence-electron chi connectivity index (χ0n) is 6.66. The van der Waals surface area contributed by atoms with Gasteiger partial charge in [0.15, 0.2) is 5.62 Å². The molecule has 0 spiro atoms. The third-order valence-electron chi connectivity index (χ3n) is 1.13. The van der Waals surface area contributed by atoms with Gasteiger partial charge in [-0.1, -0.05) is 18.5 Å². The van der Waals surface area contributed by atoms with Crippen LogP contribution in [0.4, 0.5) is 5.95 Å². The van der Waals surface area contributed by atoms with Crippen molar-refractivity contribution >= 4 is 17.5 Å². The van der Waals surface area contributed by atoms with Crippen molar-refractivity contribution in [2.24, 2.45) is 0 Å². The SMILES string of the molecule is CCNC(Cl)Nc1ncncn1. The van der Waals surface area contributed by atoms with Crippen molar-refractivity contribution < 1.29 is 0 Å². The summed E-state index contributed by atoms with van der Waals surface area (Å²) in [5, 5.41) is 5.78. The summed E-state index contributed by atoms with van der Waals surface area (Å²) >= 11 is 5.79. The highest BCUT2D eigenvalue weighted by Crippen LogP contribution is 1.97. The fourth-order valence-corrected chi connectivity index (χ4v) is 0.909. The normalized spacial score (nSPS) is 12.5. The predicted octanol–water partition coefficient (Wildman–Crippen LogP) is 0.415. The quantitative estimate of drug-likeness (QED) is 0.406. The van der Waals surface area contributed by atoms with E-state index in [2.05, 4.69) is 25.6 Å². The molecule has 0 amide bonds. The zero-order chi connectivity index (χ0) is 8.81. The average molecular weight is 188 g/mol. The molecule has 0 aliphatic carbocycles. The number of nitrogens with zero attached hydrogens (tertiary/aromatic N) is 3. The van der Waals surface area contributed by atoms with Gasteiger partial charge in [-0.3, -0.25) is 5.32 Å². The van der Waals surface area contributed by atoms with E-state index in [1.54, 1.807) is 0 Å². The van der Waals surface area contributed by atoms with E-state index in [4.69, 9.17) is 11.6 Å². The molecule has 1 heterocycles. The summed E-state index contributed by atoms with van der Waals surface area (Å²) in [6.07, 6.45) is 2.82. The van der Waals surface area contributed by atoms with Gasteiger partial charge in [0.25, 0.3) is 0 Å². The summed E-state index contributed by atoms with van der Waals surface area (Å²) in [6, 6.07) is 0. The first-order valence-electron chi connectivity index (χ1n) is 3.59. The van der Waals surface area contributed by atoms with E-state index in [1.807, 2.05) is 6.92 Å². The van der Waals surface area contributed by atoms with Crippen LogP contribution < -0.4 is 10.6 Å². The third-order valence-corrected chi connectivity index (χ3v) is 1.40. The van der Waals surface area contributed by atoms with Crippen molar-refractivity contribution in [2.75, 3.05) is 11.9 Å². The van der Waals surface area contributed by atoms with Gasteiger partial charge in [0.2, 0.25) is 5.95 Å². The Morgan fingerprint density at radius 1 is 1.50 bits per heavy atom. The van der Waals surface area contributed by atoms with Crippen molar-refractivity contribution in [3.63, 3.8) is 0 Å². The van der Waals surface area contributed by atoms with E-state index in [0.29, 0.717) is 5.95 Å². The molecule has 66 valence electrons. The van der Waals surface area contributed by atoms with Gasteiger partial charge in [0.05, 0.1) is 0 Å². The molecule has 0 saturated heterocycles. The topological polar surface area (TPSA) is 62.7 Å². The lowest BCUT2D eigenvalue weighted by Gasteiger charge is -2.10. The van der Waals surface area contributed by atoms with Gasteiger partial charge >= 0.3 is 0 Å². The maximum atomic E-state index is 5.79. The van der Waals surface area contributed by atoms with Crippen LogP contribution >= 0.6 is 11.6 Å². The monoisotopic (exact) mass is 187 g/mol. The van der Waals surface area contributed by atoms with Crippen LogP contribution in [0.5, 0.6) is 0 Å². The Balaban J connectivity index is 2.41. The number of alkyl halides is 1. The highest BCUT2D eigenvalue weighted by Gasteiger charge is 2.01. The number of hydrogen-bond donors (Lipinski definition) is 2. The van der Waals surface area contributed by atoms with Gasteiger partial charge in [-0.25, -0.2) is 15.0 Å². The standard InChI is InChI=1S/C6H10ClN5/c1-2-9-5(7)12-6-10-3-8-4-11-6/h3-5,9H,2H2,1H3,(H,8,10,11,12). The first-order chi connectivity index (χ1) is 5.83. The molecule has 0 radical (unpaired) electrons. The van der Waals surface area contributed by atoms with Crippen molar-refractivity contribution in [1.82, 2.24) is 20.3 Å². The van der Waals surface area contributed by atoms with Crippen LogP contribution in [0.15, 0.2) is 12.7 Å². The molecule has 1 rings (SSSR count). The van der Waals surface area contributed by atoms with Crippen LogP contribution in [0, 0.1) is 0 Å². The Morgan fingerprint density at radius 3 is 2.75 bits per heavy atom. The molecule has 12 heavy (non-hydrogen) atoms. The lowest BCUT2D eigenvalue weighted by Crippen LogP contribution is -2.31. The lowest BCUT2D eigenvalue weighted by molar-refractivity contribution is 0.714. The summed E-state index contributed by atoms with van der Waals surface area (Å²) < 4.78 is 0. The molecule has 2 N–H and O–H groups in total. The Hall–Kier alpha value is -0.940. The Labute approximate surface area is 75.6 Å². The Kier molecular flexibility index (Phi) is 3.69. The van der Waals surface area contributed by atoms with Crippen LogP contribution in [-0.4, -0.2) is 27.1 Å². The summed E-state index contributed by atoms with van der Waals surface area (Å²) in [5.74, 6) is 0.464. The molecule has 1 unspecified atom stereocenters. The molecule has 6 heteroatoms. The van der Waals surface area contributed by atoms with Gasteiger partial charge in [-0.2, -0.15) is 0 Å². The molecule has 1 atom stereocenters. The van der Waals surface area contributed by atoms with Crippen LogP contribution in [0.3, 0.4) is 0 Å². The highest BCUT2D eigenvalue weighted by molar-refractivity contribution is 6.21. The third kappa shape index (κ3) is 2.98. The second-order valence-corrected chi connectivity index (χ2v) is 2.46. The minimum atomic E-state index is -0.350. The molecular formula is C6H10ClN5. The number of anilines is 1. The Morgan fingerprint density at radius 2 is 2.17 bits per heavy atom. The van der Waals surface area contributed by atoms with E-state index in [1.165, 1.54) is 12.7 Å². The van der Waals surface area contributed by atoms with Crippen molar-refractivity contribution in [2.45, 2.75) is 12.5 Å². The largest absolute Gasteiger partial charge is 0.326 e. The second kappa shape index (κ2) is 4.84. The molecule has 1 aromatic heterocycles.